The van der Waals surface area contributed by atoms with Crippen LogP contribution < -0.4 is 15.2 Å². The SMILES string of the molecule is Cc1ccc2nc(COc3cccc(C(=O)Nc4ccc(CS(N)(=O)=O)cc4)c3)cn2c1. The molecule has 0 aliphatic heterocycles. The highest BCUT2D eigenvalue weighted by Crippen LogP contribution is 2.18. The van der Waals surface area contributed by atoms with Gasteiger partial charge in [0.2, 0.25) is 10.0 Å². The number of primary sulfonamides is 1. The third-order valence-corrected chi connectivity index (χ3v) is 5.45. The number of benzene rings is 2. The van der Waals surface area contributed by atoms with Gasteiger partial charge in [0.05, 0.1) is 11.4 Å². The Balaban J connectivity index is 1.39. The molecule has 0 radical (unpaired) electrons. The molecule has 0 fully saturated rings. The summed E-state index contributed by atoms with van der Waals surface area (Å²) in [5, 5.41) is 7.83. The Hall–Kier alpha value is -3.69. The normalized spacial score (nSPS) is 11.4. The zero-order chi connectivity index (χ0) is 22.7. The number of hydrogen-bond donors (Lipinski definition) is 2. The molecule has 0 saturated heterocycles. The maximum Gasteiger partial charge on any atom is 0.255 e. The lowest BCUT2D eigenvalue weighted by Crippen LogP contribution is -2.15. The van der Waals surface area contributed by atoms with E-state index in [-0.39, 0.29) is 18.3 Å². The molecule has 0 unspecified atom stereocenters. The number of fused-ring (bicyclic) bond motifs is 1. The summed E-state index contributed by atoms with van der Waals surface area (Å²) in [6.07, 6.45) is 3.91. The molecule has 164 valence electrons. The number of hydrogen-bond acceptors (Lipinski definition) is 5. The quantitative estimate of drug-likeness (QED) is 0.448. The van der Waals surface area contributed by atoms with Gasteiger partial charge >= 0.3 is 0 Å². The molecule has 8 nitrogen and oxygen atoms in total. The lowest BCUT2D eigenvalue weighted by atomic mass is 10.2. The van der Waals surface area contributed by atoms with Crippen molar-refractivity contribution in [1.82, 2.24) is 9.38 Å². The number of aryl methyl sites for hydroxylation is 1. The zero-order valence-corrected chi connectivity index (χ0v) is 18.2. The number of pyridine rings is 1. The standard InChI is InChI=1S/C23H22N4O4S/c1-16-5-10-22-25-20(13-27(22)12-16)14-31-21-4-2-3-18(11-21)23(28)26-19-8-6-17(7-9-19)15-32(24,29)30/h2-13H,14-15H2,1H3,(H,26,28)(H2,24,29,30). The highest BCUT2D eigenvalue weighted by Gasteiger charge is 2.10. The van der Waals surface area contributed by atoms with Gasteiger partial charge < -0.3 is 14.5 Å². The summed E-state index contributed by atoms with van der Waals surface area (Å²) in [4.78, 5) is 17.1. The molecule has 0 bridgehead atoms. The first kappa shape index (κ1) is 21.5. The van der Waals surface area contributed by atoms with Crippen LogP contribution in [0.2, 0.25) is 0 Å². The van der Waals surface area contributed by atoms with Gasteiger partial charge in [-0.05, 0) is 54.4 Å². The van der Waals surface area contributed by atoms with Crippen LogP contribution in [-0.4, -0.2) is 23.7 Å². The van der Waals surface area contributed by atoms with Crippen molar-refractivity contribution in [2.24, 2.45) is 5.14 Å². The van der Waals surface area contributed by atoms with Crippen molar-refractivity contribution >= 4 is 27.3 Å². The predicted molar refractivity (Wildman–Crippen MR) is 122 cm³/mol. The highest BCUT2D eigenvalue weighted by molar-refractivity contribution is 7.88. The van der Waals surface area contributed by atoms with Crippen molar-refractivity contribution in [3.8, 4) is 5.75 Å². The Morgan fingerprint density at radius 2 is 1.88 bits per heavy atom. The number of nitrogens with two attached hydrogens (primary N) is 1. The van der Waals surface area contributed by atoms with Crippen LogP contribution in [0.4, 0.5) is 5.69 Å². The first-order valence-corrected chi connectivity index (χ1v) is 11.5. The number of ether oxygens (including phenoxy) is 1. The van der Waals surface area contributed by atoms with Gasteiger partial charge in [0, 0.05) is 23.6 Å². The van der Waals surface area contributed by atoms with Crippen molar-refractivity contribution in [2.75, 3.05) is 5.32 Å². The van der Waals surface area contributed by atoms with Gasteiger partial charge in [-0.15, -0.1) is 0 Å². The van der Waals surface area contributed by atoms with Crippen LogP contribution in [0.3, 0.4) is 0 Å². The fourth-order valence-electron chi connectivity index (χ4n) is 3.23. The molecule has 0 spiro atoms. The summed E-state index contributed by atoms with van der Waals surface area (Å²) in [6.45, 7) is 2.29. The molecule has 0 aliphatic carbocycles. The lowest BCUT2D eigenvalue weighted by Gasteiger charge is -2.09. The Kier molecular flexibility index (Phi) is 5.93. The molecule has 4 rings (SSSR count). The van der Waals surface area contributed by atoms with Crippen molar-refractivity contribution in [3.63, 3.8) is 0 Å². The van der Waals surface area contributed by atoms with Crippen molar-refractivity contribution in [2.45, 2.75) is 19.3 Å². The van der Waals surface area contributed by atoms with Gasteiger partial charge in [-0.25, -0.2) is 18.5 Å². The molecule has 9 heteroatoms. The number of aromatic nitrogens is 2. The first-order chi connectivity index (χ1) is 15.2. The Bertz CT molecular complexity index is 1380. The second-order valence-corrected chi connectivity index (χ2v) is 9.09. The Morgan fingerprint density at radius 3 is 2.62 bits per heavy atom. The molecule has 4 aromatic rings. The molecule has 0 saturated carbocycles. The maximum absolute atomic E-state index is 12.6. The van der Waals surface area contributed by atoms with Crippen molar-refractivity contribution in [3.05, 3.63) is 95.4 Å². The lowest BCUT2D eigenvalue weighted by molar-refractivity contribution is 0.102. The predicted octanol–water partition coefficient (Wildman–Crippen LogP) is 3.26. The van der Waals surface area contributed by atoms with E-state index < -0.39 is 10.0 Å². The van der Waals surface area contributed by atoms with E-state index in [1.54, 1.807) is 48.5 Å². The fourth-order valence-corrected chi connectivity index (χ4v) is 3.89. The molecule has 3 N–H and O–H groups in total. The number of nitrogens with zero attached hydrogens (tertiary/aromatic N) is 2. The van der Waals surface area contributed by atoms with Crippen molar-refractivity contribution < 1.29 is 17.9 Å². The number of rotatable bonds is 7. The third kappa shape index (κ3) is 5.51. The Labute approximate surface area is 185 Å². The summed E-state index contributed by atoms with van der Waals surface area (Å²) in [6, 6.07) is 17.3. The summed E-state index contributed by atoms with van der Waals surface area (Å²) < 4.78 is 30.1. The molecule has 0 aliphatic rings. The number of nitrogens with one attached hydrogen (secondary N) is 1. The molecule has 2 heterocycles. The first-order valence-electron chi connectivity index (χ1n) is 9.83. The topological polar surface area (TPSA) is 116 Å². The van der Waals surface area contributed by atoms with E-state index in [0.717, 1.165) is 16.9 Å². The number of carbonyl (C=O) groups excluding carboxylic acids is 1. The van der Waals surface area contributed by atoms with E-state index in [1.165, 1.54) is 0 Å². The maximum atomic E-state index is 12.6. The van der Waals surface area contributed by atoms with Crippen LogP contribution in [-0.2, 0) is 22.4 Å². The van der Waals surface area contributed by atoms with Gasteiger partial charge in [0.15, 0.2) is 0 Å². The summed E-state index contributed by atoms with van der Waals surface area (Å²) in [5.41, 5.74) is 4.28. The van der Waals surface area contributed by atoms with E-state index in [2.05, 4.69) is 10.3 Å². The molecular formula is C23H22N4O4S. The van der Waals surface area contributed by atoms with Crippen LogP contribution in [0.1, 0.15) is 27.2 Å². The van der Waals surface area contributed by atoms with Gasteiger partial charge in [-0.1, -0.05) is 24.3 Å². The Morgan fingerprint density at radius 1 is 1.09 bits per heavy atom. The summed E-state index contributed by atoms with van der Waals surface area (Å²) in [7, 11) is -3.60. The molecule has 1 amide bonds. The van der Waals surface area contributed by atoms with Crippen LogP contribution in [0, 0.1) is 6.92 Å². The van der Waals surface area contributed by atoms with Crippen LogP contribution in [0.25, 0.3) is 5.65 Å². The van der Waals surface area contributed by atoms with E-state index in [4.69, 9.17) is 9.88 Å². The second kappa shape index (κ2) is 8.81. The van der Waals surface area contributed by atoms with Crippen LogP contribution >= 0.6 is 0 Å². The van der Waals surface area contributed by atoms with E-state index in [1.807, 2.05) is 35.9 Å². The summed E-state index contributed by atoms with van der Waals surface area (Å²) >= 11 is 0. The largest absolute Gasteiger partial charge is 0.487 e. The highest BCUT2D eigenvalue weighted by atomic mass is 32.2. The van der Waals surface area contributed by atoms with Gasteiger partial charge in [0.1, 0.15) is 18.0 Å². The summed E-state index contributed by atoms with van der Waals surface area (Å²) in [5.74, 6) is -0.0146. The number of imidazole rings is 1. The second-order valence-electron chi connectivity index (χ2n) is 7.48. The van der Waals surface area contributed by atoms with Crippen molar-refractivity contribution in [1.29, 1.82) is 0 Å². The molecular weight excluding hydrogens is 428 g/mol. The minimum Gasteiger partial charge on any atom is -0.487 e. The average molecular weight is 451 g/mol. The number of sulfonamides is 1. The monoisotopic (exact) mass is 450 g/mol. The molecule has 32 heavy (non-hydrogen) atoms. The minimum atomic E-state index is -3.60. The minimum absolute atomic E-state index is 0.257. The molecule has 2 aromatic heterocycles. The van der Waals surface area contributed by atoms with Crippen LogP contribution in [0.5, 0.6) is 5.75 Å². The smallest absolute Gasteiger partial charge is 0.255 e. The number of amides is 1. The van der Waals surface area contributed by atoms with Gasteiger partial charge in [-0.3, -0.25) is 4.79 Å². The number of carbonyl (C=O) groups is 1. The number of anilines is 1. The van der Waals surface area contributed by atoms with E-state index in [0.29, 0.717) is 22.6 Å². The van der Waals surface area contributed by atoms with Crippen LogP contribution in [0.15, 0.2) is 73.1 Å². The molecule has 0 atom stereocenters. The zero-order valence-electron chi connectivity index (χ0n) is 17.4. The van der Waals surface area contributed by atoms with Gasteiger partial charge in [0.25, 0.3) is 5.91 Å². The third-order valence-electron chi connectivity index (χ3n) is 4.71. The average Bonchev–Trinajstić information content (AvgIpc) is 3.15. The van der Waals surface area contributed by atoms with E-state index >= 15 is 0 Å². The van der Waals surface area contributed by atoms with Gasteiger partial charge in [-0.2, -0.15) is 0 Å². The fraction of sp³-hybridized carbons (Fsp3) is 0.130. The van der Waals surface area contributed by atoms with E-state index in [9.17, 15) is 13.2 Å². The molecule has 2 aromatic carbocycles.